The van der Waals surface area contributed by atoms with Gasteiger partial charge in [0.2, 0.25) is 10.0 Å². The van der Waals surface area contributed by atoms with Gasteiger partial charge in [0, 0.05) is 11.6 Å². The van der Waals surface area contributed by atoms with Crippen LogP contribution in [0.5, 0.6) is 0 Å². The van der Waals surface area contributed by atoms with Crippen molar-refractivity contribution in [1.82, 2.24) is 10.0 Å². The molecule has 1 saturated carbocycles. The van der Waals surface area contributed by atoms with E-state index in [2.05, 4.69) is 10.0 Å². The molecule has 1 aromatic rings. The molecule has 27 heavy (non-hydrogen) atoms. The van der Waals surface area contributed by atoms with Crippen molar-refractivity contribution in [3.63, 3.8) is 0 Å². The van der Waals surface area contributed by atoms with Crippen LogP contribution in [0.25, 0.3) is 0 Å². The van der Waals surface area contributed by atoms with E-state index in [4.69, 9.17) is 5.11 Å². The fraction of sp³-hybridized carbons (Fsp3) is 0.579. The monoisotopic (exact) mass is 396 g/mol. The second kappa shape index (κ2) is 8.39. The Morgan fingerprint density at radius 2 is 1.89 bits per heavy atom. The highest BCUT2D eigenvalue weighted by molar-refractivity contribution is 7.89. The summed E-state index contributed by atoms with van der Waals surface area (Å²) in [6, 6.07) is 5.75. The summed E-state index contributed by atoms with van der Waals surface area (Å²) in [5, 5.41) is 11.9. The number of rotatable bonds is 8. The maximum atomic E-state index is 12.7. The zero-order valence-corrected chi connectivity index (χ0v) is 16.8. The maximum Gasteiger partial charge on any atom is 0.305 e. The number of sulfonamides is 1. The lowest BCUT2D eigenvalue weighted by molar-refractivity contribution is -0.138. The van der Waals surface area contributed by atoms with Crippen LogP contribution in [-0.4, -0.2) is 37.0 Å². The van der Waals surface area contributed by atoms with E-state index >= 15 is 0 Å². The van der Waals surface area contributed by atoms with Crippen molar-refractivity contribution >= 4 is 21.9 Å². The summed E-state index contributed by atoms with van der Waals surface area (Å²) in [4.78, 5) is 23.8. The fourth-order valence-electron chi connectivity index (χ4n) is 3.17. The number of benzene rings is 1. The topological polar surface area (TPSA) is 113 Å². The van der Waals surface area contributed by atoms with E-state index in [0.717, 1.165) is 25.7 Å². The van der Waals surface area contributed by atoms with Crippen LogP contribution < -0.4 is 10.0 Å². The first kappa shape index (κ1) is 21.4. The van der Waals surface area contributed by atoms with Gasteiger partial charge in [-0.15, -0.1) is 0 Å². The van der Waals surface area contributed by atoms with Gasteiger partial charge in [-0.1, -0.05) is 32.8 Å². The van der Waals surface area contributed by atoms with Gasteiger partial charge < -0.3 is 10.4 Å². The van der Waals surface area contributed by atoms with Crippen molar-refractivity contribution in [2.24, 2.45) is 5.92 Å². The third kappa shape index (κ3) is 5.52. The molecule has 0 bridgehead atoms. The van der Waals surface area contributed by atoms with Gasteiger partial charge in [0.05, 0.1) is 16.9 Å². The van der Waals surface area contributed by atoms with Crippen molar-refractivity contribution in [2.45, 2.75) is 69.4 Å². The molecule has 3 N–H and O–H groups in total. The fourth-order valence-corrected chi connectivity index (χ4v) is 4.52. The van der Waals surface area contributed by atoms with Crippen molar-refractivity contribution in [3.05, 3.63) is 29.8 Å². The molecular weight excluding hydrogens is 368 g/mol. The third-order valence-electron chi connectivity index (χ3n) is 5.28. The second-order valence-electron chi connectivity index (χ2n) is 7.73. The molecule has 0 aromatic heterocycles. The molecule has 150 valence electrons. The van der Waals surface area contributed by atoms with Crippen LogP contribution in [0.15, 0.2) is 29.2 Å². The molecule has 1 aliphatic carbocycles. The summed E-state index contributed by atoms with van der Waals surface area (Å²) < 4.78 is 27.9. The molecule has 1 unspecified atom stereocenters. The quantitative estimate of drug-likeness (QED) is 0.625. The number of carbonyl (C=O) groups excluding carboxylic acids is 1. The minimum Gasteiger partial charge on any atom is -0.481 e. The predicted octanol–water partition coefficient (Wildman–Crippen LogP) is 2.53. The van der Waals surface area contributed by atoms with E-state index in [9.17, 15) is 18.0 Å². The van der Waals surface area contributed by atoms with Crippen LogP contribution in [-0.2, 0) is 14.8 Å². The molecular formula is C19H28N2O5S. The molecule has 7 nitrogen and oxygen atoms in total. The average molecular weight is 397 g/mol. The van der Waals surface area contributed by atoms with Crippen LogP contribution in [0.3, 0.4) is 0 Å². The zero-order valence-electron chi connectivity index (χ0n) is 16.0. The van der Waals surface area contributed by atoms with Crippen LogP contribution in [0, 0.1) is 5.92 Å². The summed E-state index contributed by atoms with van der Waals surface area (Å²) in [5.74, 6) is -1.62. The Kier molecular flexibility index (Phi) is 6.64. The van der Waals surface area contributed by atoms with Crippen molar-refractivity contribution in [3.8, 4) is 0 Å². The van der Waals surface area contributed by atoms with Gasteiger partial charge in [0.1, 0.15) is 0 Å². The molecule has 2 rings (SSSR count). The smallest absolute Gasteiger partial charge is 0.305 e. The summed E-state index contributed by atoms with van der Waals surface area (Å²) in [5.41, 5.74) is -0.763. The SMILES string of the molecule is CC(C)C(C)(CC(=O)O)NC(=O)c1cccc(S(=O)(=O)NC2CCCC2)c1. The number of nitrogens with one attached hydrogen (secondary N) is 2. The van der Waals surface area contributed by atoms with Gasteiger partial charge in [0.15, 0.2) is 0 Å². The standard InChI is InChI=1S/C19H28N2O5S/c1-13(2)19(3,12-17(22)23)20-18(24)14-7-6-10-16(11-14)27(25,26)21-15-8-4-5-9-15/h6-7,10-11,13,15,21H,4-5,8-9,12H2,1-3H3,(H,20,24)(H,22,23). The second-order valence-corrected chi connectivity index (χ2v) is 9.44. The molecule has 0 aliphatic heterocycles. The Morgan fingerprint density at radius 3 is 2.44 bits per heavy atom. The van der Waals surface area contributed by atoms with Crippen molar-refractivity contribution in [2.75, 3.05) is 0 Å². The Labute approximate surface area is 160 Å². The number of amides is 1. The normalized spacial score (nSPS) is 17.6. The first-order chi connectivity index (χ1) is 12.5. The Morgan fingerprint density at radius 1 is 1.26 bits per heavy atom. The van der Waals surface area contributed by atoms with E-state index < -0.39 is 27.4 Å². The number of carboxylic acids is 1. The lowest BCUT2D eigenvalue weighted by Gasteiger charge is -2.33. The van der Waals surface area contributed by atoms with Gasteiger partial charge >= 0.3 is 5.97 Å². The van der Waals surface area contributed by atoms with Gasteiger partial charge in [-0.25, -0.2) is 13.1 Å². The van der Waals surface area contributed by atoms with Crippen molar-refractivity contribution < 1.29 is 23.1 Å². The number of hydrogen-bond donors (Lipinski definition) is 3. The van der Waals surface area contributed by atoms with Gasteiger partial charge in [-0.3, -0.25) is 9.59 Å². The molecule has 0 heterocycles. The summed E-state index contributed by atoms with van der Waals surface area (Å²) in [6.07, 6.45) is 3.43. The molecule has 1 aromatic carbocycles. The highest BCUT2D eigenvalue weighted by atomic mass is 32.2. The van der Waals surface area contributed by atoms with E-state index in [1.807, 2.05) is 13.8 Å². The largest absolute Gasteiger partial charge is 0.481 e. The van der Waals surface area contributed by atoms with Crippen LogP contribution in [0.4, 0.5) is 0 Å². The molecule has 8 heteroatoms. The number of carbonyl (C=O) groups is 2. The molecule has 0 spiro atoms. The maximum absolute atomic E-state index is 12.7. The Bertz CT molecular complexity index is 800. The molecule has 1 fully saturated rings. The van der Waals surface area contributed by atoms with Crippen LogP contribution >= 0.6 is 0 Å². The molecule has 1 atom stereocenters. The number of aliphatic carboxylic acids is 1. The van der Waals surface area contributed by atoms with E-state index in [-0.39, 0.29) is 28.8 Å². The minimum absolute atomic E-state index is 0.0338. The number of carboxylic acid groups (broad SMARTS) is 1. The average Bonchev–Trinajstić information content (AvgIpc) is 3.06. The van der Waals surface area contributed by atoms with Gasteiger partial charge in [-0.05, 0) is 43.9 Å². The molecule has 0 saturated heterocycles. The zero-order chi connectivity index (χ0) is 20.2. The van der Waals surface area contributed by atoms with E-state index in [1.165, 1.54) is 24.3 Å². The van der Waals surface area contributed by atoms with Crippen molar-refractivity contribution in [1.29, 1.82) is 0 Å². The van der Waals surface area contributed by atoms with Gasteiger partial charge in [0.25, 0.3) is 5.91 Å². The highest BCUT2D eigenvalue weighted by Crippen LogP contribution is 2.23. The van der Waals surface area contributed by atoms with Crippen LogP contribution in [0.1, 0.15) is 63.2 Å². The predicted molar refractivity (Wildman–Crippen MR) is 102 cm³/mol. The summed E-state index contributed by atoms with van der Waals surface area (Å²) >= 11 is 0. The van der Waals surface area contributed by atoms with Crippen LogP contribution in [0.2, 0.25) is 0 Å². The minimum atomic E-state index is -3.70. The van der Waals surface area contributed by atoms with E-state index in [1.54, 1.807) is 6.92 Å². The highest BCUT2D eigenvalue weighted by Gasteiger charge is 2.33. The number of hydrogen-bond acceptors (Lipinski definition) is 4. The summed E-state index contributed by atoms with van der Waals surface area (Å²) in [6.45, 7) is 5.33. The van der Waals surface area contributed by atoms with Gasteiger partial charge in [-0.2, -0.15) is 0 Å². The molecule has 1 aliphatic rings. The molecule has 1 amide bonds. The lowest BCUT2D eigenvalue weighted by atomic mass is 9.85. The first-order valence-corrected chi connectivity index (χ1v) is 10.7. The third-order valence-corrected chi connectivity index (χ3v) is 6.79. The summed E-state index contributed by atoms with van der Waals surface area (Å²) in [7, 11) is -3.70. The molecule has 0 radical (unpaired) electrons. The van der Waals surface area contributed by atoms with E-state index in [0.29, 0.717) is 0 Å². The Hall–Kier alpha value is -1.93. The Balaban J connectivity index is 2.20. The lowest BCUT2D eigenvalue weighted by Crippen LogP contribution is -2.51. The first-order valence-electron chi connectivity index (χ1n) is 9.20.